The molecule has 118 valence electrons. The second kappa shape index (κ2) is 4.02. The number of ether oxygens (including phenoxy) is 2. The van der Waals surface area contributed by atoms with Crippen LogP contribution in [0.25, 0.3) is 0 Å². The molecule has 2 saturated carbocycles. The van der Waals surface area contributed by atoms with E-state index >= 15 is 0 Å². The van der Waals surface area contributed by atoms with Crippen LogP contribution in [-0.4, -0.2) is 29.3 Å². The second-order valence-corrected chi connectivity index (χ2v) is 7.34. The minimum Gasteiger partial charge on any atom is -0.463 e. The molecule has 3 aliphatic carbocycles. The minimum absolute atomic E-state index is 0.0358. The van der Waals surface area contributed by atoms with Crippen molar-refractivity contribution in [3.63, 3.8) is 0 Å². The van der Waals surface area contributed by atoms with E-state index in [-0.39, 0.29) is 35.8 Å². The zero-order valence-electron chi connectivity index (χ0n) is 13.0. The van der Waals surface area contributed by atoms with Crippen LogP contribution in [-0.2, 0) is 19.1 Å². The number of esters is 2. The Labute approximate surface area is 129 Å². The maximum atomic E-state index is 11.8. The zero-order valence-corrected chi connectivity index (χ0v) is 13.0. The third-order valence-electron chi connectivity index (χ3n) is 6.20. The van der Waals surface area contributed by atoms with E-state index in [4.69, 9.17) is 9.47 Å². The van der Waals surface area contributed by atoms with E-state index in [0.717, 1.165) is 12.0 Å². The molecule has 0 aromatic carbocycles. The summed E-state index contributed by atoms with van der Waals surface area (Å²) in [6.45, 7) is 5.28. The van der Waals surface area contributed by atoms with Gasteiger partial charge >= 0.3 is 11.9 Å². The Morgan fingerprint density at radius 3 is 2.91 bits per heavy atom. The highest BCUT2D eigenvalue weighted by molar-refractivity contribution is 5.94. The summed E-state index contributed by atoms with van der Waals surface area (Å²) in [6, 6.07) is 0. The fraction of sp³-hybridized carbons (Fsp3) is 0.647. The smallest absolute Gasteiger partial charge is 0.339 e. The highest BCUT2D eigenvalue weighted by Gasteiger charge is 2.73. The lowest BCUT2D eigenvalue weighted by Gasteiger charge is -2.43. The maximum absolute atomic E-state index is 11.8. The lowest BCUT2D eigenvalue weighted by Crippen LogP contribution is -2.48. The Morgan fingerprint density at radius 2 is 2.23 bits per heavy atom. The van der Waals surface area contributed by atoms with Gasteiger partial charge in [-0.25, -0.2) is 4.79 Å². The van der Waals surface area contributed by atoms with Crippen LogP contribution in [0.1, 0.15) is 33.6 Å². The molecule has 4 aliphatic rings. The van der Waals surface area contributed by atoms with Crippen molar-refractivity contribution in [2.24, 2.45) is 23.2 Å². The monoisotopic (exact) mass is 304 g/mol. The van der Waals surface area contributed by atoms with E-state index in [9.17, 15) is 14.7 Å². The van der Waals surface area contributed by atoms with E-state index in [1.807, 2.05) is 6.08 Å². The molecule has 0 aromatic rings. The number of hydrogen-bond acceptors (Lipinski definition) is 5. The van der Waals surface area contributed by atoms with Crippen LogP contribution >= 0.6 is 0 Å². The van der Waals surface area contributed by atoms with Gasteiger partial charge in [-0.3, -0.25) is 4.79 Å². The number of allylic oxidation sites excluding steroid dienone is 2. The van der Waals surface area contributed by atoms with Gasteiger partial charge in [0.05, 0.1) is 0 Å². The molecule has 0 bridgehead atoms. The molecular formula is C17H20O5. The molecule has 2 fully saturated rings. The van der Waals surface area contributed by atoms with Crippen molar-refractivity contribution >= 4 is 11.9 Å². The molecule has 1 heterocycles. The summed E-state index contributed by atoms with van der Waals surface area (Å²) in [4.78, 5) is 22.9. The van der Waals surface area contributed by atoms with Gasteiger partial charge in [-0.1, -0.05) is 6.92 Å². The molecule has 5 atom stereocenters. The topological polar surface area (TPSA) is 72.8 Å². The van der Waals surface area contributed by atoms with Crippen LogP contribution < -0.4 is 0 Å². The molecule has 0 unspecified atom stereocenters. The lowest BCUT2D eigenvalue weighted by molar-refractivity contribution is -0.155. The van der Waals surface area contributed by atoms with Crippen molar-refractivity contribution in [1.82, 2.24) is 0 Å². The van der Waals surface area contributed by atoms with Crippen LogP contribution in [0.15, 0.2) is 23.0 Å². The molecule has 5 nitrogen and oxygen atoms in total. The summed E-state index contributed by atoms with van der Waals surface area (Å²) in [6.07, 6.45) is 3.56. The normalized spacial score (nSPS) is 44.8. The van der Waals surface area contributed by atoms with Gasteiger partial charge in [0.2, 0.25) is 0 Å². The van der Waals surface area contributed by atoms with Gasteiger partial charge in [-0.05, 0) is 43.1 Å². The third kappa shape index (κ3) is 1.57. The average molecular weight is 304 g/mol. The first-order valence-corrected chi connectivity index (χ1v) is 7.78. The molecule has 0 spiro atoms. The Morgan fingerprint density at radius 1 is 1.50 bits per heavy atom. The van der Waals surface area contributed by atoms with Gasteiger partial charge in [0.15, 0.2) is 0 Å². The molecule has 22 heavy (non-hydrogen) atoms. The van der Waals surface area contributed by atoms with Crippen molar-refractivity contribution in [3.05, 3.63) is 23.0 Å². The number of aliphatic hydroxyl groups is 1. The third-order valence-corrected chi connectivity index (χ3v) is 6.20. The van der Waals surface area contributed by atoms with E-state index in [0.29, 0.717) is 23.7 Å². The molecule has 0 radical (unpaired) electrons. The summed E-state index contributed by atoms with van der Waals surface area (Å²) in [5.41, 5.74) is 0.314. The largest absolute Gasteiger partial charge is 0.463 e. The number of rotatable bonds is 2. The quantitative estimate of drug-likeness (QED) is 0.786. The van der Waals surface area contributed by atoms with Crippen molar-refractivity contribution in [1.29, 1.82) is 0 Å². The van der Waals surface area contributed by atoms with E-state index < -0.39 is 5.60 Å². The molecule has 4 rings (SSSR count). The van der Waals surface area contributed by atoms with E-state index in [1.165, 1.54) is 6.92 Å². The van der Waals surface area contributed by atoms with E-state index in [1.54, 1.807) is 6.92 Å². The minimum atomic E-state index is -1.01. The predicted molar refractivity (Wildman–Crippen MR) is 76.3 cm³/mol. The average Bonchev–Trinajstić information content (AvgIpc) is 3.17. The van der Waals surface area contributed by atoms with Crippen LogP contribution in [0.5, 0.6) is 0 Å². The lowest BCUT2D eigenvalue weighted by atomic mass is 9.64. The fourth-order valence-corrected chi connectivity index (χ4v) is 4.92. The molecule has 5 heteroatoms. The highest BCUT2D eigenvalue weighted by Crippen LogP contribution is 2.72. The van der Waals surface area contributed by atoms with Gasteiger partial charge in [0.25, 0.3) is 0 Å². The van der Waals surface area contributed by atoms with Crippen LogP contribution in [0.3, 0.4) is 0 Å². The van der Waals surface area contributed by atoms with Crippen LogP contribution in [0, 0.1) is 23.2 Å². The van der Waals surface area contributed by atoms with Gasteiger partial charge < -0.3 is 14.6 Å². The molecule has 0 amide bonds. The molecule has 0 saturated heterocycles. The summed E-state index contributed by atoms with van der Waals surface area (Å²) < 4.78 is 10.5. The summed E-state index contributed by atoms with van der Waals surface area (Å²) in [5, 5.41) is 11.2. The molecule has 1 N–H and O–H groups in total. The number of carbonyl (C=O) groups is 2. The number of carbonyl (C=O) groups excluding carboxylic acids is 2. The first kappa shape index (κ1) is 14.0. The Kier molecular flexibility index (Phi) is 2.56. The molecule has 0 aromatic heterocycles. The van der Waals surface area contributed by atoms with Crippen LogP contribution in [0.4, 0.5) is 0 Å². The van der Waals surface area contributed by atoms with Gasteiger partial charge in [0, 0.05) is 24.0 Å². The highest BCUT2D eigenvalue weighted by atomic mass is 16.5. The standard InChI is InChI=1S/C17H20O5/c1-8-10-4-14-16(3,6-13(10)22-15(8)19)11-5-12(11)17(14,20)7-21-9(2)18/h6,11-12,14,20H,4-5,7H2,1-3H3/t11-,12+,14-,16+,17-/m1/s1. The Hall–Kier alpha value is -1.62. The van der Waals surface area contributed by atoms with Crippen molar-refractivity contribution in [2.45, 2.75) is 39.2 Å². The molecular weight excluding hydrogens is 284 g/mol. The van der Waals surface area contributed by atoms with Gasteiger partial charge in [0.1, 0.15) is 18.0 Å². The van der Waals surface area contributed by atoms with Gasteiger partial charge in [-0.2, -0.15) is 0 Å². The maximum Gasteiger partial charge on any atom is 0.339 e. The first-order valence-electron chi connectivity index (χ1n) is 7.78. The SMILES string of the molecule is CC(=O)OC[C@]1(O)[C@@H]2CC3=C(C)C(=O)OC3=C[C@@]2(C)[C@@H]2C[C@@H]21. The number of hydrogen-bond donors (Lipinski definition) is 1. The van der Waals surface area contributed by atoms with Crippen molar-refractivity contribution < 1.29 is 24.2 Å². The van der Waals surface area contributed by atoms with Crippen molar-refractivity contribution in [3.8, 4) is 0 Å². The fourth-order valence-electron chi connectivity index (χ4n) is 4.92. The van der Waals surface area contributed by atoms with Gasteiger partial charge in [-0.15, -0.1) is 0 Å². The number of fused-ring (bicyclic) bond motifs is 4. The zero-order chi connectivity index (χ0) is 15.9. The molecule has 1 aliphatic heterocycles. The summed E-state index contributed by atoms with van der Waals surface area (Å²) in [7, 11) is 0. The Bertz CT molecular complexity index is 660. The Balaban J connectivity index is 1.74. The second-order valence-electron chi connectivity index (χ2n) is 7.34. The summed E-state index contributed by atoms with van der Waals surface area (Å²) >= 11 is 0. The van der Waals surface area contributed by atoms with Crippen molar-refractivity contribution in [2.75, 3.05) is 6.61 Å². The predicted octanol–water partition coefficient (Wildman–Crippen LogP) is 1.71. The summed E-state index contributed by atoms with van der Waals surface area (Å²) in [5.74, 6) is 0.484. The van der Waals surface area contributed by atoms with Crippen LogP contribution in [0.2, 0.25) is 0 Å². The van der Waals surface area contributed by atoms with E-state index in [2.05, 4.69) is 6.92 Å². The first-order chi connectivity index (χ1) is 10.3.